The lowest BCUT2D eigenvalue weighted by Gasteiger charge is -2.45. The maximum Gasteiger partial charge on any atom is 0.261 e. The SMILES string of the molecule is C[C@@H](CO[Si](c1ccccc1)(c1ccccc1)C(C)(C)C)[C@@H]1CCC[C@]2(CC[C@@H]([C@@H](O)[C@@]3(C)C[C@H](O)[C@@H](COCc4ccccc4)O3)O2)O1. The van der Waals surface area contributed by atoms with Crippen LogP contribution < -0.4 is 10.4 Å². The predicted molar refractivity (Wildman–Crippen MR) is 194 cm³/mol. The molecule has 49 heavy (non-hydrogen) atoms. The van der Waals surface area contributed by atoms with Crippen LogP contribution in [0.25, 0.3) is 0 Å². The van der Waals surface area contributed by atoms with E-state index in [-0.39, 0.29) is 23.7 Å². The Balaban J connectivity index is 1.08. The van der Waals surface area contributed by atoms with Crippen molar-refractivity contribution in [2.45, 2.75) is 127 Å². The topological polar surface area (TPSA) is 86.6 Å². The summed E-state index contributed by atoms with van der Waals surface area (Å²) in [6, 6.07) is 31.5. The van der Waals surface area contributed by atoms with Crippen LogP contribution in [0.15, 0.2) is 91.0 Å². The molecule has 3 aromatic rings. The number of aliphatic hydroxyl groups excluding tert-OH is 2. The zero-order valence-corrected chi connectivity index (χ0v) is 30.9. The Morgan fingerprint density at radius 1 is 0.837 bits per heavy atom. The predicted octanol–water partition coefficient (Wildman–Crippen LogP) is 6.13. The van der Waals surface area contributed by atoms with Gasteiger partial charge in [-0.3, -0.25) is 0 Å². The normalized spacial score (nSPS) is 30.4. The fraction of sp³-hybridized carbons (Fsp3) is 0.561. The summed E-state index contributed by atoms with van der Waals surface area (Å²) in [7, 11) is -2.67. The molecule has 0 amide bonds. The van der Waals surface area contributed by atoms with Crippen molar-refractivity contribution in [3.05, 3.63) is 96.6 Å². The molecule has 3 aromatic carbocycles. The van der Waals surface area contributed by atoms with Crippen LogP contribution in [0.3, 0.4) is 0 Å². The summed E-state index contributed by atoms with van der Waals surface area (Å²) in [5, 5.41) is 24.9. The number of ether oxygens (including phenoxy) is 4. The summed E-state index contributed by atoms with van der Waals surface area (Å²) in [6.45, 7) is 12.3. The second-order valence-corrected chi connectivity index (χ2v) is 20.1. The van der Waals surface area contributed by atoms with Crippen molar-refractivity contribution in [1.29, 1.82) is 0 Å². The highest BCUT2D eigenvalue weighted by molar-refractivity contribution is 6.99. The van der Waals surface area contributed by atoms with E-state index >= 15 is 0 Å². The minimum absolute atomic E-state index is 0.0193. The van der Waals surface area contributed by atoms with Crippen LogP contribution in [0.1, 0.15) is 78.7 Å². The van der Waals surface area contributed by atoms with Gasteiger partial charge in [0.2, 0.25) is 0 Å². The van der Waals surface area contributed by atoms with Crippen LogP contribution in [-0.4, -0.2) is 73.7 Å². The van der Waals surface area contributed by atoms with Gasteiger partial charge >= 0.3 is 0 Å². The maximum absolute atomic E-state index is 11.6. The first-order chi connectivity index (χ1) is 23.4. The Labute approximate surface area is 294 Å². The monoisotopic (exact) mass is 688 g/mol. The quantitative estimate of drug-likeness (QED) is 0.222. The van der Waals surface area contributed by atoms with Crippen molar-refractivity contribution in [3.8, 4) is 0 Å². The van der Waals surface area contributed by atoms with E-state index in [1.54, 1.807) is 0 Å². The highest BCUT2D eigenvalue weighted by Crippen LogP contribution is 2.46. The molecule has 0 aliphatic carbocycles. The van der Waals surface area contributed by atoms with E-state index in [2.05, 4.69) is 88.4 Å². The molecule has 3 heterocycles. The number of rotatable bonds is 12. The van der Waals surface area contributed by atoms with Gasteiger partial charge in [0.1, 0.15) is 12.2 Å². The molecule has 266 valence electrons. The van der Waals surface area contributed by atoms with Crippen LogP contribution in [0, 0.1) is 5.92 Å². The van der Waals surface area contributed by atoms with Crippen LogP contribution in [0.4, 0.5) is 0 Å². The Kier molecular flexibility index (Phi) is 11.2. The van der Waals surface area contributed by atoms with E-state index in [0.717, 1.165) is 31.2 Å². The van der Waals surface area contributed by atoms with Crippen molar-refractivity contribution in [1.82, 2.24) is 0 Å². The molecule has 0 bridgehead atoms. The zero-order chi connectivity index (χ0) is 34.7. The number of aliphatic hydroxyl groups is 2. The Hall–Kier alpha value is -2.40. The van der Waals surface area contributed by atoms with E-state index in [1.807, 2.05) is 37.3 Å². The summed E-state index contributed by atoms with van der Waals surface area (Å²) < 4.78 is 33.0. The minimum atomic E-state index is -2.67. The largest absolute Gasteiger partial charge is 0.407 e. The summed E-state index contributed by atoms with van der Waals surface area (Å²) in [5.74, 6) is -0.583. The fourth-order valence-corrected chi connectivity index (χ4v) is 13.0. The lowest BCUT2D eigenvalue weighted by molar-refractivity contribution is -0.293. The second-order valence-electron chi connectivity index (χ2n) is 15.8. The smallest absolute Gasteiger partial charge is 0.261 e. The van der Waals surface area contributed by atoms with Crippen molar-refractivity contribution >= 4 is 18.7 Å². The van der Waals surface area contributed by atoms with Gasteiger partial charge in [-0.05, 0) is 47.2 Å². The molecular weight excluding hydrogens is 633 g/mol. The lowest BCUT2D eigenvalue weighted by atomic mass is 9.89. The molecule has 3 saturated heterocycles. The molecule has 6 rings (SSSR count). The van der Waals surface area contributed by atoms with Gasteiger partial charge in [0.25, 0.3) is 8.32 Å². The average Bonchev–Trinajstić information content (AvgIpc) is 3.64. The molecule has 0 saturated carbocycles. The van der Waals surface area contributed by atoms with Gasteiger partial charge in [-0.15, -0.1) is 0 Å². The van der Waals surface area contributed by atoms with Gasteiger partial charge in [0.15, 0.2) is 5.79 Å². The summed E-state index contributed by atoms with van der Waals surface area (Å²) in [5.41, 5.74) is 0.124. The van der Waals surface area contributed by atoms with Crippen molar-refractivity contribution in [2.75, 3.05) is 13.2 Å². The standard InChI is InChI=1S/C41H56O7Si/c1-30(27-45-49(39(2,3)4,32-18-11-7-12-19-32)33-20-13-8-14-21-33)35-22-15-24-41(47-35)25-23-36(48-41)38(43)40(5)26-34(42)37(46-40)29-44-28-31-16-9-6-10-17-31/h6-14,16-21,30,34-38,42-43H,15,22-29H2,1-5H3/t30-,34-,35-,36-,37+,38+,40+,41-/m0/s1. The zero-order valence-electron chi connectivity index (χ0n) is 29.9. The van der Waals surface area contributed by atoms with Gasteiger partial charge in [0, 0.05) is 31.8 Å². The number of benzene rings is 3. The first-order valence-electron chi connectivity index (χ1n) is 18.2. The van der Waals surface area contributed by atoms with Gasteiger partial charge in [-0.1, -0.05) is 119 Å². The summed E-state index contributed by atoms with van der Waals surface area (Å²) in [4.78, 5) is 0. The minimum Gasteiger partial charge on any atom is -0.407 e. The lowest BCUT2D eigenvalue weighted by Crippen LogP contribution is -2.67. The molecule has 0 aromatic heterocycles. The first kappa shape index (κ1) is 36.4. The molecule has 3 aliphatic heterocycles. The van der Waals surface area contributed by atoms with Crippen molar-refractivity contribution < 1.29 is 33.6 Å². The Bertz CT molecular complexity index is 1430. The molecule has 8 heteroatoms. The highest BCUT2D eigenvalue weighted by Gasteiger charge is 2.55. The van der Waals surface area contributed by atoms with Crippen LogP contribution in [0.5, 0.6) is 0 Å². The third-order valence-electron chi connectivity index (χ3n) is 11.0. The molecule has 3 aliphatic rings. The van der Waals surface area contributed by atoms with Gasteiger partial charge in [0.05, 0.1) is 37.1 Å². The van der Waals surface area contributed by atoms with Crippen LogP contribution in [0.2, 0.25) is 5.04 Å². The molecule has 3 fully saturated rings. The summed E-state index contributed by atoms with van der Waals surface area (Å²) >= 11 is 0. The molecule has 2 N–H and O–H groups in total. The van der Waals surface area contributed by atoms with Gasteiger partial charge in [-0.25, -0.2) is 0 Å². The second kappa shape index (κ2) is 15.1. The highest BCUT2D eigenvalue weighted by atomic mass is 28.4. The number of hydrogen-bond donors (Lipinski definition) is 2. The molecule has 0 unspecified atom stereocenters. The molecule has 1 spiro atoms. The van der Waals surface area contributed by atoms with E-state index in [1.165, 1.54) is 10.4 Å². The third-order valence-corrected chi connectivity index (χ3v) is 16.0. The summed E-state index contributed by atoms with van der Waals surface area (Å²) in [6.07, 6.45) is 1.85. The first-order valence-corrected chi connectivity index (χ1v) is 20.1. The van der Waals surface area contributed by atoms with E-state index in [4.69, 9.17) is 23.4 Å². The maximum atomic E-state index is 11.6. The molecule has 7 nitrogen and oxygen atoms in total. The number of hydrogen-bond acceptors (Lipinski definition) is 7. The van der Waals surface area contributed by atoms with Gasteiger partial charge < -0.3 is 33.6 Å². The molecular formula is C41H56O7Si. The Morgan fingerprint density at radius 3 is 2.04 bits per heavy atom. The van der Waals surface area contributed by atoms with E-state index in [9.17, 15) is 10.2 Å². The van der Waals surface area contributed by atoms with Crippen molar-refractivity contribution in [3.63, 3.8) is 0 Å². The molecule has 8 atom stereocenters. The van der Waals surface area contributed by atoms with Crippen LogP contribution in [-0.2, 0) is 30.0 Å². The Morgan fingerprint density at radius 2 is 1.43 bits per heavy atom. The van der Waals surface area contributed by atoms with Crippen LogP contribution >= 0.6 is 0 Å². The van der Waals surface area contributed by atoms with Gasteiger partial charge in [-0.2, -0.15) is 0 Å². The fourth-order valence-electron chi connectivity index (χ4n) is 8.36. The third kappa shape index (κ3) is 7.77. The van der Waals surface area contributed by atoms with E-state index in [0.29, 0.717) is 26.1 Å². The van der Waals surface area contributed by atoms with E-state index < -0.39 is 44.1 Å². The van der Waals surface area contributed by atoms with Crippen molar-refractivity contribution in [2.24, 2.45) is 5.92 Å². The molecule has 0 radical (unpaired) electrons. The average molecular weight is 689 g/mol.